The molecule has 0 unspecified atom stereocenters. The molecule has 0 radical (unpaired) electrons. The van der Waals surface area contributed by atoms with Crippen LogP contribution in [-0.2, 0) is 27.4 Å². The molecule has 3 aromatic carbocycles. The number of carbonyl (C=O) groups is 2. The van der Waals surface area contributed by atoms with E-state index in [0.29, 0.717) is 16.5 Å². The molecule has 0 bridgehead atoms. The Morgan fingerprint density at radius 2 is 1.71 bits per heavy atom. The summed E-state index contributed by atoms with van der Waals surface area (Å²) >= 11 is 0. The lowest BCUT2D eigenvalue weighted by atomic mass is 10.0. The number of nitrogens with one attached hydrogen (secondary N) is 1. The average molecular weight is 458 g/mol. The predicted molar refractivity (Wildman–Crippen MR) is 131 cm³/mol. The van der Waals surface area contributed by atoms with Crippen molar-refractivity contribution < 1.29 is 18.7 Å². The summed E-state index contributed by atoms with van der Waals surface area (Å²) < 4.78 is 10.8. The third-order valence-corrected chi connectivity index (χ3v) is 5.82. The van der Waals surface area contributed by atoms with Gasteiger partial charge in [-0.3, -0.25) is 4.79 Å². The number of carbonyl (C=O) groups excluding carboxylic acids is 2. The van der Waals surface area contributed by atoms with Crippen LogP contribution in [0.15, 0.2) is 75.9 Å². The van der Waals surface area contributed by atoms with E-state index in [2.05, 4.69) is 5.32 Å². The van der Waals surface area contributed by atoms with Gasteiger partial charge < -0.3 is 14.5 Å². The number of ether oxygens (including phenoxy) is 1. The van der Waals surface area contributed by atoms with E-state index in [4.69, 9.17) is 9.15 Å². The van der Waals surface area contributed by atoms with Crippen molar-refractivity contribution >= 4 is 33.6 Å². The zero-order chi connectivity index (χ0) is 24.2. The van der Waals surface area contributed by atoms with Crippen LogP contribution in [0, 0.1) is 12.8 Å². The smallest absolute Gasteiger partial charge is 0.336 e. The first kappa shape index (κ1) is 23.2. The SMILES string of the molecule is Cc1ccc2c(COC(=O)[C@@H](NC(=O)Cc3cccc4ccccc34)C(C)C)cc(=O)oc2c1. The third kappa shape index (κ3) is 5.17. The molecule has 0 aliphatic carbocycles. The maximum Gasteiger partial charge on any atom is 0.336 e. The standard InChI is InChI=1S/C28H27NO5/c1-17(2)27(29-25(30)14-20-9-6-8-19-7-4-5-10-22(19)20)28(32)33-16-21-15-26(31)34-24-13-18(3)11-12-23(21)24/h4-13,15,17,27H,14,16H2,1-3H3,(H,29,30)/t27-/m0/s1. The molecule has 6 heteroatoms. The van der Waals surface area contributed by atoms with E-state index in [1.807, 2.05) is 75.4 Å². The Morgan fingerprint density at radius 1 is 0.941 bits per heavy atom. The van der Waals surface area contributed by atoms with Crippen LogP contribution in [0.25, 0.3) is 21.7 Å². The summed E-state index contributed by atoms with van der Waals surface area (Å²) in [5.41, 5.74) is 2.35. The lowest BCUT2D eigenvalue weighted by Gasteiger charge is -2.21. The molecule has 0 spiro atoms. The van der Waals surface area contributed by atoms with E-state index in [-0.39, 0.29) is 24.9 Å². The number of hydrogen-bond acceptors (Lipinski definition) is 5. The van der Waals surface area contributed by atoms with Gasteiger partial charge in [0.25, 0.3) is 0 Å². The topological polar surface area (TPSA) is 85.6 Å². The van der Waals surface area contributed by atoms with Crippen LogP contribution in [0.5, 0.6) is 0 Å². The van der Waals surface area contributed by atoms with Gasteiger partial charge in [-0.2, -0.15) is 0 Å². The van der Waals surface area contributed by atoms with Crippen molar-refractivity contribution in [3.05, 3.63) is 93.8 Å². The van der Waals surface area contributed by atoms with Crippen LogP contribution in [0.1, 0.15) is 30.5 Å². The Balaban J connectivity index is 1.46. The molecule has 1 heterocycles. The van der Waals surface area contributed by atoms with Gasteiger partial charge in [-0.05, 0) is 40.8 Å². The Bertz CT molecular complexity index is 1410. The summed E-state index contributed by atoms with van der Waals surface area (Å²) in [6, 6.07) is 19.7. The number of esters is 1. The zero-order valence-electron chi connectivity index (χ0n) is 19.5. The summed E-state index contributed by atoms with van der Waals surface area (Å²) in [5, 5.41) is 5.60. The highest BCUT2D eigenvalue weighted by Gasteiger charge is 2.26. The lowest BCUT2D eigenvalue weighted by Crippen LogP contribution is -2.45. The minimum absolute atomic E-state index is 0.0909. The van der Waals surface area contributed by atoms with Crippen LogP contribution >= 0.6 is 0 Å². The fourth-order valence-electron chi connectivity index (χ4n) is 4.04. The van der Waals surface area contributed by atoms with E-state index in [9.17, 15) is 14.4 Å². The van der Waals surface area contributed by atoms with Crippen molar-refractivity contribution in [3.8, 4) is 0 Å². The highest BCUT2D eigenvalue weighted by molar-refractivity contribution is 5.92. The molecule has 4 rings (SSSR count). The van der Waals surface area contributed by atoms with Crippen LogP contribution in [0.4, 0.5) is 0 Å². The number of benzene rings is 3. The molecule has 1 amide bonds. The molecular weight excluding hydrogens is 430 g/mol. The molecule has 4 aromatic rings. The fraction of sp³-hybridized carbons (Fsp3) is 0.250. The second kappa shape index (κ2) is 9.91. The van der Waals surface area contributed by atoms with Gasteiger partial charge in [0.2, 0.25) is 5.91 Å². The second-order valence-corrected chi connectivity index (χ2v) is 8.80. The summed E-state index contributed by atoms with van der Waals surface area (Å²) in [7, 11) is 0. The van der Waals surface area contributed by atoms with Gasteiger partial charge in [-0.25, -0.2) is 9.59 Å². The highest BCUT2D eigenvalue weighted by atomic mass is 16.5. The normalized spacial score (nSPS) is 12.1. The van der Waals surface area contributed by atoms with E-state index in [1.165, 1.54) is 6.07 Å². The van der Waals surface area contributed by atoms with Crippen LogP contribution in [0.3, 0.4) is 0 Å². The molecule has 0 fully saturated rings. The molecule has 0 saturated heterocycles. The maximum atomic E-state index is 12.9. The summed E-state index contributed by atoms with van der Waals surface area (Å²) in [5.74, 6) is -0.979. The maximum absolute atomic E-state index is 12.9. The van der Waals surface area contributed by atoms with Crippen molar-refractivity contribution in [3.63, 3.8) is 0 Å². The third-order valence-electron chi connectivity index (χ3n) is 5.82. The second-order valence-electron chi connectivity index (χ2n) is 8.80. The number of fused-ring (bicyclic) bond motifs is 2. The predicted octanol–water partition coefficient (Wildman–Crippen LogP) is 4.68. The van der Waals surface area contributed by atoms with Gasteiger partial charge in [0, 0.05) is 17.0 Å². The van der Waals surface area contributed by atoms with E-state index in [0.717, 1.165) is 21.9 Å². The lowest BCUT2D eigenvalue weighted by molar-refractivity contribution is -0.150. The number of hydrogen-bond donors (Lipinski definition) is 1. The molecule has 0 aliphatic rings. The molecule has 0 saturated carbocycles. The Labute approximate surface area is 197 Å². The van der Waals surface area contributed by atoms with Crippen LogP contribution < -0.4 is 10.9 Å². The molecular formula is C28H27NO5. The van der Waals surface area contributed by atoms with Crippen molar-refractivity contribution in [2.24, 2.45) is 5.92 Å². The number of aryl methyl sites for hydroxylation is 1. The monoisotopic (exact) mass is 457 g/mol. The summed E-state index contributed by atoms with van der Waals surface area (Å²) in [6.07, 6.45) is 0.154. The van der Waals surface area contributed by atoms with Gasteiger partial charge in [0.05, 0.1) is 6.42 Å². The number of amides is 1. The molecule has 0 aliphatic heterocycles. The molecule has 174 valence electrons. The first-order valence-corrected chi connectivity index (χ1v) is 11.3. The van der Waals surface area contributed by atoms with E-state index >= 15 is 0 Å². The molecule has 6 nitrogen and oxygen atoms in total. The van der Waals surface area contributed by atoms with E-state index < -0.39 is 17.6 Å². The van der Waals surface area contributed by atoms with Crippen molar-refractivity contribution in [2.45, 2.75) is 39.8 Å². The van der Waals surface area contributed by atoms with E-state index in [1.54, 1.807) is 6.07 Å². The highest BCUT2D eigenvalue weighted by Crippen LogP contribution is 2.21. The van der Waals surface area contributed by atoms with Crippen LogP contribution in [-0.4, -0.2) is 17.9 Å². The average Bonchev–Trinajstić information content (AvgIpc) is 2.80. The summed E-state index contributed by atoms with van der Waals surface area (Å²) in [4.78, 5) is 37.7. The fourth-order valence-corrected chi connectivity index (χ4v) is 4.04. The number of rotatable bonds is 7. The largest absolute Gasteiger partial charge is 0.459 e. The van der Waals surface area contributed by atoms with Crippen molar-refractivity contribution in [2.75, 3.05) is 0 Å². The Kier molecular flexibility index (Phi) is 6.77. The Hall–Kier alpha value is -3.93. The van der Waals surface area contributed by atoms with Crippen molar-refractivity contribution in [1.82, 2.24) is 5.32 Å². The van der Waals surface area contributed by atoms with Gasteiger partial charge >= 0.3 is 11.6 Å². The van der Waals surface area contributed by atoms with Crippen LogP contribution in [0.2, 0.25) is 0 Å². The van der Waals surface area contributed by atoms with Gasteiger partial charge in [0.15, 0.2) is 0 Å². The Morgan fingerprint density at radius 3 is 2.50 bits per heavy atom. The van der Waals surface area contributed by atoms with Gasteiger partial charge in [-0.15, -0.1) is 0 Å². The molecule has 1 atom stereocenters. The molecule has 34 heavy (non-hydrogen) atoms. The zero-order valence-corrected chi connectivity index (χ0v) is 19.5. The molecule has 1 aromatic heterocycles. The van der Waals surface area contributed by atoms with Crippen molar-refractivity contribution in [1.29, 1.82) is 0 Å². The minimum atomic E-state index is -0.809. The summed E-state index contributed by atoms with van der Waals surface area (Å²) in [6.45, 7) is 5.51. The van der Waals surface area contributed by atoms with Gasteiger partial charge in [0.1, 0.15) is 18.2 Å². The first-order valence-electron chi connectivity index (χ1n) is 11.3. The molecule has 1 N–H and O–H groups in total. The quantitative estimate of drug-likeness (QED) is 0.322. The first-order chi connectivity index (χ1) is 16.3. The van der Waals surface area contributed by atoms with Gasteiger partial charge in [-0.1, -0.05) is 68.4 Å². The minimum Gasteiger partial charge on any atom is -0.459 e.